The van der Waals surface area contributed by atoms with Crippen LogP contribution in [0.25, 0.3) is 0 Å². The lowest BCUT2D eigenvalue weighted by molar-refractivity contribution is 0.421. The van der Waals surface area contributed by atoms with Crippen molar-refractivity contribution in [1.29, 1.82) is 0 Å². The van der Waals surface area contributed by atoms with Crippen molar-refractivity contribution >= 4 is 11.8 Å². The molecule has 106 valence electrons. The molecule has 0 spiro atoms. The SMILES string of the molecule is CCCCc1oc(Sc2ccccc2)c2c1CCCC2. The third kappa shape index (κ3) is 2.95. The van der Waals surface area contributed by atoms with E-state index in [1.54, 1.807) is 11.8 Å². The highest BCUT2D eigenvalue weighted by Gasteiger charge is 2.22. The van der Waals surface area contributed by atoms with Crippen LogP contribution in [0, 0.1) is 0 Å². The second-order valence-corrected chi connectivity index (χ2v) is 6.54. The van der Waals surface area contributed by atoms with Crippen LogP contribution in [0.15, 0.2) is 44.7 Å². The Morgan fingerprint density at radius 2 is 1.80 bits per heavy atom. The first-order valence-corrected chi connectivity index (χ1v) is 8.56. The number of hydrogen-bond donors (Lipinski definition) is 0. The highest BCUT2D eigenvalue weighted by Crippen LogP contribution is 2.39. The third-order valence-electron chi connectivity index (χ3n) is 3.98. The standard InChI is InChI=1S/C18H22OS/c1-2-3-13-17-15-11-7-8-12-16(15)18(19-17)20-14-9-5-4-6-10-14/h4-6,9-10H,2-3,7-8,11-13H2,1H3. The van der Waals surface area contributed by atoms with Crippen LogP contribution in [0.3, 0.4) is 0 Å². The van der Waals surface area contributed by atoms with Gasteiger partial charge >= 0.3 is 0 Å². The summed E-state index contributed by atoms with van der Waals surface area (Å²) in [5.41, 5.74) is 3.03. The summed E-state index contributed by atoms with van der Waals surface area (Å²) in [5, 5.41) is 1.15. The Labute approximate surface area is 125 Å². The molecule has 2 heteroatoms. The van der Waals surface area contributed by atoms with Crippen molar-refractivity contribution in [3.05, 3.63) is 47.2 Å². The van der Waals surface area contributed by atoms with Gasteiger partial charge in [-0.2, -0.15) is 0 Å². The molecule has 1 nitrogen and oxygen atoms in total. The van der Waals surface area contributed by atoms with Crippen molar-refractivity contribution < 1.29 is 4.42 Å². The maximum absolute atomic E-state index is 6.24. The average Bonchev–Trinajstić information content (AvgIpc) is 2.85. The molecule has 0 fully saturated rings. The molecule has 20 heavy (non-hydrogen) atoms. The van der Waals surface area contributed by atoms with Crippen LogP contribution in [0.4, 0.5) is 0 Å². The zero-order valence-electron chi connectivity index (χ0n) is 12.2. The van der Waals surface area contributed by atoms with E-state index in [1.165, 1.54) is 60.3 Å². The Kier molecular flexibility index (Phi) is 4.51. The van der Waals surface area contributed by atoms with E-state index < -0.39 is 0 Å². The molecule has 1 aromatic heterocycles. The smallest absolute Gasteiger partial charge is 0.168 e. The minimum Gasteiger partial charge on any atom is -0.454 e. The Balaban J connectivity index is 1.88. The van der Waals surface area contributed by atoms with Crippen LogP contribution in [0.2, 0.25) is 0 Å². The molecule has 0 unspecified atom stereocenters. The van der Waals surface area contributed by atoms with E-state index in [1.807, 2.05) is 0 Å². The predicted octanol–water partition coefficient (Wildman–Crippen LogP) is 5.65. The summed E-state index contributed by atoms with van der Waals surface area (Å²) in [5.74, 6) is 1.26. The van der Waals surface area contributed by atoms with Crippen molar-refractivity contribution in [2.24, 2.45) is 0 Å². The van der Waals surface area contributed by atoms with Crippen LogP contribution in [-0.2, 0) is 19.3 Å². The normalized spacial score (nSPS) is 14.2. The average molecular weight is 286 g/mol. The maximum Gasteiger partial charge on any atom is 0.168 e. The topological polar surface area (TPSA) is 13.1 Å². The molecular weight excluding hydrogens is 264 g/mol. The summed E-state index contributed by atoms with van der Waals surface area (Å²) in [4.78, 5) is 1.27. The van der Waals surface area contributed by atoms with E-state index in [0.29, 0.717) is 0 Å². The molecule has 0 amide bonds. The van der Waals surface area contributed by atoms with Crippen molar-refractivity contribution in [3.63, 3.8) is 0 Å². The van der Waals surface area contributed by atoms with Gasteiger partial charge in [0.05, 0.1) is 0 Å². The maximum atomic E-state index is 6.24. The van der Waals surface area contributed by atoms with Gasteiger partial charge in [-0.15, -0.1) is 0 Å². The molecule has 0 saturated heterocycles. The molecule has 0 bridgehead atoms. The fourth-order valence-corrected chi connectivity index (χ4v) is 3.89. The van der Waals surface area contributed by atoms with Crippen LogP contribution in [0.1, 0.15) is 49.5 Å². The van der Waals surface area contributed by atoms with Gasteiger partial charge in [0.25, 0.3) is 0 Å². The molecule has 1 heterocycles. The third-order valence-corrected chi connectivity index (χ3v) is 5.00. The summed E-state index contributed by atoms with van der Waals surface area (Å²) in [6, 6.07) is 10.6. The number of unbranched alkanes of at least 4 members (excludes halogenated alkanes) is 1. The van der Waals surface area contributed by atoms with Crippen LogP contribution in [0.5, 0.6) is 0 Å². The van der Waals surface area contributed by atoms with Gasteiger partial charge in [0.15, 0.2) is 5.09 Å². The predicted molar refractivity (Wildman–Crippen MR) is 84.5 cm³/mol. The number of aryl methyl sites for hydroxylation is 1. The molecule has 0 saturated carbocycles. The molecule has 1 aromatic carbocycles. The Morgan fingerprint density at radius 1 is 1.05 bits per heavy atom. The quantitative estimate of drug-likeness (QED) is 0.704. The number of fused-ring (bicyclic) bond motifs is 1. The number of benzene rings is 1. The number of furan rings is 1. The molecule has 0 atom stereocenters. The lowest BCUT2D eigenvalue weighted by Gasteiger charge is -2.12. The highest BCUT2D eigenvalue weighted by molar-refractivity contribution is 7.99. The first kappa shape index (κ1) is 13.8. The molecule has 0 radical (unpaired) electrons. The summed E-state index contributed by atoms with van der Waals surface area (Å²) < 4.78 is 6.24. The van der Waals surface area contributed by atoms with Gasteiger partial charge < -0.3 is 4.42 Å². The van der Waals surface area contributed by atoms with Crippen molar-refractivity contribution in [3.8, 4) is 0 Å². The Hall–Kier alpha value is -1.15. The Morgan fingerprint density at radius 3 is 2.55 bits per heavy atom. The first-order chi connectivity index (χ1) is 9.88. The van der Waals surface area contributed by atoms with Crippen molar-refractivity contribution in [1.82, 2.24) is 0 Å². The van der Waals surface area contributed by atoms with Gasteiger partial charge in [-0.1, -0.05) is 43.3 Å². The minimum absolute atomic E-state index is 1.11. The lowest BCUT2D eigenvalue weighted by atomic mass is 9.93. The molecule has 0 N–H and O–H groups in total. The van der Waals surface area contributed by atoms with Gasteiger partial charge in [0.1, 0.15) is 5.76 Å². The minimum atomic E-state index is 1.11. The van der Waals surface area contributed by atoms with Gasteiger partial charge in [-0.25, -0.2) is 0 Å². The number of rotatable bonds is 5. The molecule has 3 rings (SSSR count). The van der Waals surface area contributed by atoms with E-state index >= 15 is 0 Å². The zero-order valence-corrected chi connectivity index (χ0v) is 13.0. The van der Waals surface area contributed by atoms with E-state index in [4.69, 9.17) is 4.42 Å². The van der Waals surface area contributed by atoms with Crippen LogP contribution < -0.4 is 0 Å². The van der Waals surface area contributed by atoms with E-state index in [0.717, 1.165) is 11.5 Å². The van der Waals surface area contributed by atoms with Crippen molar-refractivity contribution in [2.75, 3.05) is 0 Å². The second kappa shape index (κ2) is 6.53. The van der Waals surface area contributed by atoms with Crippen LogP contribution >= 0.6 is 11.8 Å². The zero-order chi connectivity index (χ0) is 13.8. The second-order valence-electron chi connectivity index (χ2n) is 5.50. The lowest BCUT2D eigenvalue weighted by Crippen LogP contribution is -2.02. The van der Waals surface area contributed by atoms with E-state index in [9.17, 15) is 0 Å². The number of hydrogen-bond acceptors (Lipinski definition) is 2. The molecular formula is C18H22OS. The van der Waals surface area contributed by atoms with E-state index in [2.05, 4.69) is 37.3 Å². The Bertz CT molecular complexity index is 556. The molecule has 2 aromatic rings. The molecule has 1 aliphatic carbocycles. The fraction of sp³-hybridized carbons (Fsp3) is 0.444. The van der Waals surface area contributed by atoms with Gasteiger partial charge in [-0.3, -0.25) is 0 Å². The monoisotopic (exact) mass is 286 g/mol. The first-order valence-electron chi connectivity index (χ1n) is 7.74. The van der Waals surface area contributed by atoms with Gasteiger partial charge in [0, 0.05) is 16.9 Å². The summed E-state index contributed by atoms with van der Waals surface area (Å²) >= 11 is 1.79. The largest absolute Gasteiger partial charge is 0.454 e. The van der Waals surface area contributed by atoms with Gasteiger partial charge in [0.2, 0.25) is 0 Å². The highest BCUT2D eigenvalue weighted by atomic mass is 32.2. The van der Waals surface area contributed by atoms with Crippen molar-refractivity contribution in [2.45, 2.75) is 61.9 Å². The summed E-state index contributed by atoms with van der Waals surface area (Å²) in [7, 11) is 0. The fourth-order valence-electron chi connectivity index (χ4n) is 2.89. The molecule has 1 aliphatic rings. The molecule has 0 aliphatic heterocycles. The van der Waals surface area contributed by atoms with E-state index in [-0.39, 0.29) is 0 Å². The summed E-state index contributed by atoms with van der Waals surface area (Å²) in [6.07, 6.45) is 8.61. The van der Waals surface area contributed by atoms with Crippen LogP contribution in [-0.4, -0.2) is 0 Å². The summed E-state index contributed by atoms with van der Waals surface area (Å²) in [6.45, 7) is 2.25. The van der Waals surface area contributed by atoms with Gasteiger partial charge in [-0.05, 0) is 49.8 Å².